The number of fused-ring (bicyclic) bond motifs is 3. The van der Waals surface area contributed by atoms with E-state index >= 15 is 0 Å². The van der Waals surface area contributed by atoms with Crippen molar-refractivity contribution >= 4 is 22.4 Å². The van der Waals surface area contributed by atoms with E-state index in [1.807, 2.05) is 24.3 Å². The first-order valence-electron chi connectivity index (χ1n) is 10.9. The van der Waals surface area contributed by atoms with Gasteiger partial charge in [0.05, 0.1) is 31.4 Å². The highest BCUT2D eigenvalue weighted by molar-refractivity contribution is 5.98. The summed E-state index contributed by atoms with van der Waals surface area (Å²) in [6, 6.07) is 15.3. The van der Waals surface area contributed by atoms with Crippen molar-refractivity contribution in [3.63, 3.8) is 0 Å². The van der Waals surface area contributed by atoms with Crippen molar-refractivity contribution in [2.24, 2.45) is 0 Å². The summed E-state index contributed by atoms with van der Waals surface area (Å²) in [5, 5.41) is 11.6. The third kappa shape index (κ3) is 3.64. The predicted molar refractivity (Wildman–Crippen MR) is 114 cm³/mol. The number of nitriles is 1. The zero-order valence-electron chi connectivity index (χ0n) is 17.1. The van der Waals surface area contributed by atoms with Gasteiger partial charge in [-0.15, -0.1) is 0 Å². The number of benzene rings is 2. The predicted octanol–water partition coefficient (Wildman–Crippen LogP) is 3.09. The van der Waals surface area contributed by atoms with Crippen LogP contribution in [0, 0.1) is 11.3 Å². The molecular weight excluding hydrogens is 378 g/mol. The monoisotopic (exact) mass is 405 g/mol. The van der Waals surface area contributed by atoms with Gasteiger partial charge in [0.2, 0.25) is 0 Å². The van der Waals surface area contributed by atoms with Crippen molar-refractivity contribution < 1.29 is 14.3 Å². The molecule has 30 heavy (non-hydrogen) atoms. The maximum absolute atomic E-state index is 12.5. The number of piperidine rings is 1. The first-order chi connectivity index (χ1) is 14.7. The molecule has 2 aromatic carbocycles. The van der Waals surface area contributed by atoms with E-state index in [1.54, 1.807) is 0 Å². The normalized spacial score (nSPS) is 26.5. The lowest BCUT2D eigenvalue weighted by molar-refractivity contribution is -0.152. The molecule has 3 fully saturated rings. The number of ether oxygens (including phenoxy) is 2. The minimum absolute atomic E-state index is 0.00284. The van der Waals surface area contributed by atoms with Crippen LogP contribution < -0.4 is 4.90 Å². The summed E-state index contributed by atoms with van der Waals surface area (Å²) in [5.41, 5.74) is 1.92. The Bertz CT molecular complexity index is 965. The lowest BCUT2D eigenvalue weighted by Crippen LogP contribution is -2.47. The van der Waals surface area contributed by atoms with Gasteiger partial charge in [0.1, 0.15) is 6.10 Å². The molecule has 2 aromatic rings. The molecule has 0 aliphatic carbocycles. The Kier molecular flexibility index (Phi) is 5.32. The van der Waals surface area contributed by atoms with Gasteiger partial charge in [-0.25, -0.2) is 0 Å². The molecule has 3 aliphatic rings. The molecule has 0 aromatic heterocycles. The Balaban J connectivity index is 1.30. The van der Waals surface area contributed by atoms with Crippen molar-refractivity contribution in [3.05, 3.63) is 42.0 Å². The Morgan fingerprint density at radius 3 is 2.47 bits per heavy atom. The zero-order valence-corrected chi connectivity index (χ0v) is 17.1. The highest BCUT2D eigenvalue weighted by Crippen LogP contribution is 2.43. The van der Waals surface area contributed by atoms with Crippen molar-refractivity contribution in [2.45, 2.75) is 43.9 Å². The van der Waals surface area contributed by atoms with Crippen molar-refractivity contribution in [3.8, 4) is 6.07 Å². The fourth-order valence-corrected chi connectivity index (χ4v) is 5.39. The molecule has 0 spiro atoms. The summed E-state index contributed by atoms with van der Waals surface area (Å²) < 4.78 is 11.2. The molecule has 5 rings (SSSR count). The average Bonchev–Trinajstić information content (AvgIpc) is 3.03. The number of esters is 1. The van der Waals surface area contributed by atoms with Gasteiger partial charge < -0.3 is 14.4 Å². The lowest BCUT2D eigenvalue weighted by atomic mass is 9.96. The third-order valence-corrected chi connectivity index (χ3v) is 6.74. The van der Waals surface area contributed by atoms with Gasteiger partial charge in [-0.3, -0.25) is 9.69 Å². The van der Waals surface area contributed by atoms with E-state index in [9.17, 15) is 10.1 Å². The van der Waals surface area contributed by atoms with Crippen LogP contribution in [-0.2, 0) is 14.3 Å². The smallest absolute Gasteiger partial charge is 0.320 e. The van der Waals surface area contributed by atoms with Crippen molar-refractivity contribution in [1.82, 2.24) is 4.90 Å². The number of carbonyl (C=O) groups excluding carboxylic acids is 1. The molecule has 6 heteroatoms. The molecule has 2 bridgehead atoms. The molecule has 156 valence electrons. The largest absolute Gasteiger partial charge is 0.461 e. The second-order valence-electron chi connectivity index (χ2n) is 8.55. The molecule has 3 atom stereocenters. The van der Waals surface area contributed by atoms with Crippen LogP contribution in [-0.4, -0.2) is 61.9 Å². The van der Waals surface area contributed by atoms with Crippen LogP contribution in [0.5, 0.6) is 0 Å². The van der Waals surface area contributed by atoms with E-state index in [0.29, 0.717) is 37.4 Å². The highest BCUT2D eigenvalue weighted by atomic mass is 16.5. The van der Waals surface area contributed by atoms with Crippen LogP contribution in [0.15, 0.2) is 36.4 Å². The molecule has 0 amide bonds. The van der Waals surface area contributed by atoms with Crippen molar-refractivity contribution in [1.29, 1.82) is 5.26 Å². The van der Waals surface area contributed by atoms with Crippen LogP contribution in [0.1, 0.15) is 31.2 Å². The Morgan fingerprint density at radius 1 is 1.07 bits per heavy atom. The van der Waals surface area contributed by atoms with Gasteiger partial charge in [-0.1, -0.05) is 24.3 Å². The standard InChI is InChI=1S/C24H27N3O3/c25-15-17-5-8-23(22-4-2-1-3-21(17)22)27-18-6-7-19(27)14-20(13-18)30-24(28)16-26-9-11-29-12-10-26/h1-5,8,18-20H,6-7,9-14,16H2/t18-,19+,20+. The number of anilines is 1. The summed E-state index contributed by atoms with van der Waals surface area (Å²) in [4.78, 5) is 17.1. The van der Waals surface area contributed by atoms with E-state index in [4.69, 9.17) is 9.47 Å². The molecule has 0 N–H and O–H groups in total. The summed E-state index contributed by atoms with van der Waals surface area (Å²) in [5.74, 6) is -0.112. The summed E-state index contributed by atoms with van der Waals surface area (Å²) in [6.07, 6.45) is 3.99. The SMILES string of the molecule is N#Cc1ccc(N2[C@@H]3CC[C@H]2C[C@@H](OC(=O)CN2CCOCC2)C3)c2ccccc12. The van der Waals surface area contributed by atoms with Crippen LogP contribution in [0.25, 0.3) is 10.8 Å². The van der Waals surface area contributed by atoms with E-state index in [1.165, 1.54) is 5.69 Å². The fourth-order valence-electron chi connectivity index (χ4n) is 5.39. The first-order valence-corrected chi connectivity index (χ1v) is 10.9. The van der Waals surface area contributed by atoms with E-state index < -0.39 is 0 Å². The second kappa shape index (κ2) is 8.25. The molecule has 3 saturated heterocycles. The van der Waals surface area contributed by atoms with Crippen LogP contribution in [0.2, 0.25) is 0 Å². The number of rotatable bonds is 4. The number of hydrogen-bond donors (Lipinski definition) is 0. The summed E-state index contributed by atoms with van der Waals surface area (Å²) in [7, 11) is 0. The molecule has 0 saturated carbocycles. The third-order valence-electron chi connectivity index (χ3n) is 6.74. The molecular formula is C24H27N3O3. The fraction of sp³-hybridized carbons (Fsp3) is 0.500. The minimum atomic E-state index is -0.112. The average molecular weight is 405 g/mol. The lowest BCUT2D eigenvalue weighted by Gasteiger charge is -2.41. The van der Waals surface area contributed by atoms with Gasteiger partial charge in [0.15, 0.2) is 0 Å². The van der Waals surface area contributed by atoms with Gasteiger partial charge in [-0.2, -0.15) is 5.26 Å². The van der Waals surface area contributed by atoms with Gasteiger partial charge in [0.25, 0.3) is 0 Å². The molecule has 0 unspecified atom stereocenters. The quantitative estimate of drug-likeness (QED) is 0.729. The highest BCUT2D eigenvalue weighted by Gasteiger charge is 2.42. The number of nitrogens with zero attached hydrogens (tertiary/aromatic N) is 3. The Labute approximate surface area is 177 Å². The van der Waals surface area contributed by atoms with E-state index in [-0.39, 0.29) is 12.1 Å². The van der Waals surface area contributed by atoms with E-state index in [0.717, 1.165) is 49.5 Å². The van der Waals surface area contributed by atoms with Crippen LogP contribution in [0.3, 0.4) is 0 Å². The Hall–Kier alpha value is -2.62. The first kappa shape index (κ1) is 19.3. The molecule has 3 heterocycles. The zero-order chi connectivity index (χ0) is 20.5. The number of hydrogen-bond acceptors (Lipinski definition) is 6. The summed E-state index contributed by atoms with van der Waals surface area (Å²) >= 11 is 0. The molecule has 0 radical (unpaired) electrons. The van der Waals surface area contributed by atoms with Gasteiger partial charge in [0, 0.05) is 54.5 Å². The van der Waals surface area contributed by atoms with Crippen LogP contribution in [0.4, 0.5) is 5.69 Å². The molecule has 6 nitrogen and oxygen atoms in total. The van der Waals surface area contributed by atoms with Crippen LogP contribution >= 0.6 is 0 Å². The van der Waals surface area contributed by atoms with Gasteiger partial charge in [-0.05, 0) is 25.0 Å². The van der Waals surface area contributed by atoms with Gasteiger partial charge >= 0.3 is 5.97 Å². The summed E-state index contributed by atoms with van der Waals surface area (Å²) in [6.45, 7) is 3.33. The molecule has 3 aliphatic heterocycles. The second-order valence-corrected chi connectivity index (χ2v) is 8.55. The number of carbonyl (C=O) groups is 1. The topological polar surface area (TPSA) is 65.8 Å². The number of morpholine rings is 1. The maximum atomic E-state index is 12.5. The Morgan fingerprint density at radius 2 is 1.77 bits per heavy atom. The van der Waals surface area contributed by atoms with Crippen molar-refractivity contribution in [2.75, 3.05) is 37.7 Å². The maximum Gasteiger partial charge on any atom is 0.320 e. The van der Waals surface area contributed by atoms with E-state index in [2.05, 4.69) is 28.0 Å². The minimum Gasteiger partial charge on any atom is -0.461 e.